The summed E-state index contributed by atoms with van der Waals surface area (Å²) in [6.45, 7) is 6.16. The van der Waals surface area contributed by atoms with Gasteiger partial charge in [0.1, 0.15) is 0 Å². The van der Waals surface area contributed by atoms with E-state index in [1.165, 1.54) is 15.3 Å². The lowest BCUT2D eigenvalue weighted by Gasteiger charge is -1.96. The summed E-state index contributed by atoms with van der Waals surface area (Å²) in [4.78, 5) is 2.53. The van der Waals surface area contributed by atoms with Gasteiger partial charge in [0, 0.05) is 10.6 Å². The van der Waals surface area contributed by atoms with E-state index in [1.54, 1.807) is 11.3 Å². The third kappa shape index (κ3) is 1.63. The molecule has 60 valence electrons. The summed E-state index contributed by atoms with van der Waals surface area (Å²) in [6.07, 6.45) is 1.94. The molecular formula is C9H13NS. The van der Waals surface area contributed by atoms with Crippen LogP contribution in [0.3, 0.4) is 0 Å². The van der Waals surface area contributed by atoms with Crippen LogP contribution < -0.4 is 5.73 Å². The van der Waals surface area contributed by atoms with Gasteiger partial charge >= 0.3 is 0 Å². The normalized spacial score (nSPS) is 12.1. The van der Waals surface area contributed by atoms with Crippen molar-refractivity contribution in [2.75, 3.05) is 0 Å². The SMILES string of the molecule is C/C=C(/N)c1sc(C)cc1C. The second-order valence-electron chi connectivity index (χ2n) is 2.61. The van der Waals surface area contributed by atoms with Crippen molar-refractivity contribution in [1.82, 2.24) is 0 Å². The molecule has 0 aliphatic heterocycles. The number of hydrogen-bond donors (Lipinski definition) is 1. The van der Waals surface area contributed by atoms with Crippen LogP contribution in [0.5, 0.6) is 0 Å². The van der Waals surface area contributed by atoms with Gasteiger partial charge in [-0.05, 0) is 32.4 Å². The zero-order valence-electron chi connectivity index (χ0n) is 7.14. The van der Waals surface area contributed by atoms with E-state index in [-0.39, 0.29) is 0 Å². The van der Waals surface area contributed by atoms with Crippen LogP contribution in [-0.4, -0.2) is 0 Å². The van der Waals surface area contributed by atoms with Crippen LogP contribution >= 0.6 is 11.3 Å². The fraction of sp³-hybridized carbons (Fsp3) is 0.333. The molecule has 1 aromatic rings. The highest BCUT2D eigenvalue weighted by molar-refractivity contribution is 7.13. The third-order valence-electron chi connectivity index (χ3n) is 1.61. The van der Waals surface area contributed by atoms with Crippen LogP contribution in [-0.2, 0) is 0 Å². The molecule has 1 nitrogen and oxygen atoms in total. The zero-order valence-corrected chi connectivity index (χ0v) is 7.96. The molecule has 0 amide bonds. The molecule has 0 aliphatic carbocycles. The molecule has 0 bridgehead atoms. The third-order valence-corrected chi connectivity index (χ3v) is 2.82. The van der Waals surface area contributed by atoms with Crippen molar-refractivity contribution < 1.29 is 0 Å². The molecule has 0 unspecified atom stereocenters. The highest BCUT2D eigenvalue weighted by Gasteiger charge is 2.03. The fourth-order valence-corrected chi connectivity index (χ4v) is 2.07. The Hall–Kier alpha value is -0.760. The molecule has 0 saturated heterocycles. The first kappa shape index (κ1) is 8.34. The van der Waals surface area contributed by atoms with Crippen LogP contribution in [0.25, 0.3) is 5.70 Å². The van der Waals surface area contributed by atoms with Gasteiger partial charge in [0.25, 0.3) is 0 Å². The minimum atomic E-state index is 0.889. The van der Waals surface area contributed by atoms with Crippen molar-refractivity contribution in [1.29, 1.82) is 0 Å². The summed E-state index contributed by atoms with van der Waals surface area (Å²) >= 11 is 1.75. The minimum absolute atomic E-state index is 0.889. The molecule has 0 saturated carbocycles. The molecule has 1 aromatic heterocycles. The highest BCUT2D eigenvalue weighted by atomic mass is 32.1. The molecule has 1 heterocycles. The number of nitrogens with two attached hydrogens (primary N) is 1. The van der Waals surface area contributed by atoms with E-state index in [9.17, 15) is 0 Å². The van der Waals surface area contributed by atoms with Gasteiger partial charge in [0.05, 0.1) is 4.88 Å². The average molecular weight is 167 g/mol. The summed E-state index contributed by atoms with van der Waals surface area (Å²) in [5.41, 5.74) is 7.95. The average Bonchev–Trinajstić information content (AvgIpc) is 2.28. The fourth-order valence-electron chi connectivity index (χ4n) is 1.06. The van der Waals surface area contributed by atoms with E-state index < -0.39 is 0 Å². The molecule has 0 aliphatic rings. The summed E-state index contributed by atoms with van der Waals surface area (Å²) in [6, 6.07) is 2.16. The molecule has 2 N–H and O–H groups in total. The summed E-state index contributed by atoms with van der Waals surface area (Å²) < 4.78 is 0. The van der Waals surface area contributed by atoms with Crippen molar-refractivity contribution >= 4 is 17.0 Å². The Morgan fingerprint density at radius 2 is 2.18 bits per heavy atom. The lowest BCUT2D eigenvalue weighted by atomic mass is 10.2. The van der Waals surface area contributed by atoms with Crippen LogP contribution in [0.4, 0.5) is 0 Å². The van der Waals surface area contributed by atoms with E-state index in [4.69, 9.17) is 5.73 Å². The van der Waals surface area contributed by atoms with E-state index in [0.29, 0.717) is 0 Å². The van der Waals surface area contributed by atoms with Crippen molar-refractivity contribution in [2.24, 2.45) is 5.73 Å². The Labute approximate surface area is 71.5 Å². The Bertz CT molecular complexity index is 284. The molecule has 0 aromatic carbocycles. The summed E-state index contributed by atoms with van der Waals surface area (Å²) in [5.74, 6) is 0. The van der Waals surface area contributed by atoms with Gasteiger partial charge in [-0.2, -0.15) is 0 Å². The largest absolute Gasteiger partial charge is 0.398 e. The lowest BCUT2D eigenvalue weighted by Crippen LogP contribution is -1.93. The Morgan fingerprint density at radius 3 is 2.55 bits per heavy atom. The number of thiophene rings is 1. The maximum atomic E-state index is 5.78. The van der Waals surface area contributed by atoms with E-state index in [0.717, 1.165) is 5.70 Å². The van der Waals surface area contributed by atoms with Gasteiger partial charge in [0.2, 0.25) is 0 Å². The Kier molecular flexibility index (Phi) is 2.35. The number of aryl methyl sites for hydroxylation is 2. The van der Waals surface area contributed by atoms with Gasteiger partial charge in [-0.25, -0.2) is 0 Å². The monoisotopic (exact) mass is 167 g/mol. The second-order valence-corrected chi connectivity index (χ2v) is 3.87. The molecular weight excluding hydrogens is 154 g/mol. The molecule has 2 heteroatoms. The van der Waals surface area contributed by atoms with Crippen molar-refractivity contribution in [3.05, 3.63) is 27.5 Å². The molecule has 0 fully saturated rings. The first-order valence-corrected chi connectivity index (χ1v) is 4.46. The predicted molar refractivity (Wildman–Crippen MR) is 51.6 cm³/mol. The van der Waals surface area contributed by atoms with E-state index in [1.807, 2.05) is 13.0 Å². The summed E-state index contributed by atoms with van der Waals surface area (Å²) in [5, 5.41) is 0. The number of hydrogen-bond acceptors (Lipinski definition) is 2. The molecule has 0 radical (unpaired) electrons. The Balaban J connectivity index is 3.13. The number of allylic oxidation sites excluding steroid dienone is 1. The minimum Gasteiger partial charge on any atom is -0.398 e. The quantitative estimate of drug-likeness (QED) is 0.683. The Morgan fingerprint density at radius 1 is 1.55 bits per heavy atom. The highest BCUT2D eigenvalue weighted by Crippen LogP contribution is 2.25. The number of rotatable bonds is 1. The van der Waals surface area contributed by atoms with Crippen LogP contribution in [0.1, 0.15) is 22.2 Å². The van der Waals surface area contributed by atoms with Gasteiger partial charge in [-0.15, -0.1) is 11.3 Å². The van der Waals surface area contributed by atoms with Crippen molar-refractivity contribution in [3.63, 3.8) is 0 Å². The van der Waals surface area contributed by atoms with Crippen LogP contribution in [0.15, 0.2) is 12.1 Å². The van der Waals surface area contributed by atoms with Gasteiger partial charge < -0.3 is 5.73 Å². The first-order chi connectivity index (χ1) is 5.15. The topological polar surface area (TPSA) is 26.0 Å². The first-order valence-electron chi connectivity index (χ1n) is 3.64. The molecule has 1 rings (SSSR count). The standard InChI is InChI=1S/C9H13NS/c1-4-8(10)9-6(2)5-7(3)11-9/h4-5H,10H2,1-3H3/b8-4+. The lowest BCUT2D eigenvalue weighted by molar-refractivity contribution is 1.45. The van der Waals surface area contributed by atoms with E-state index >= 15 is 0 Å². The predicted octanol–water partition coefficient (Wildman–Crippen LogP) is 2.68. The maximum absolute atomic E-state index is 5.78. The maximum Gasteiger partial charge on any atom is 0.0528 e. The smallest absolute Gasteiger partial charge is 0.0528 e. The summed E-state index contributed by atoms with van der Waals surface area (Å²) in [7, 11) is 0. The van der Waals surface area contributed by atoms with Crippen molar-refractivity contribution in [2.45, 2.75) is 20.8 Å². The van der Waals surface area contributed by atoms with Crippen LogP contribution in [0, 0.1) is 13.8 Å². The zero-order chi connectivity index (χ0) is 8.43. The van der Waals surface area contributed by atoms with E-state index in [2.05, 4.69) is 19.9 Å². The molecule has 0 atom stereocenters. The van der Waals surface area contributed by atoms with Crippen LogP contribution in [0.2, 0.25) is 0 Å². The second kappa shape index (κ2) is 3.09. The van der Waals surface area contributed by atoms with Gasteiger partial charge in [-0.1, -0.05) is 6.08 Å². The van der Waals surface area contributed by atoms with Gasteiger partial charge in [0.15, 0.2) is 0 Å². The molecule has 11 heavy (non-hydrogen) atoms. The molecule has 0 spiro atoms. The van der Waals surface area contributed by atoms with Crippen molar-refractivity contribution in [3.8, 4) is 0 Å². The van der Waals surface area contributed by atoms with Gasteiger partial charge in [-0.3, -0.25) is 0 Å².